The van der Waals surface area contributed by atoms with Crippen molar-refractivity contribution in [3.8, 4) is 0 Å². The summed E-state index contributed by atoms with van der Waals surface area (Å²) >= 11 is 6.16. The Kier molecular flexibility index (Phi) is 6.81. The van der Waals surface area contributed by atoms with Gasteiger partial charge in [0.2, 0.25) is 0 Å². The van der Waals surface area contributed by atoms with Gasteiger partial charge in [0.25, 0.3) is 0 Å². The highest BCUT2D eigenvalue weighted by molar-refractivity contribution is 6.31. The zero-order valence-electron chi connectivity index (χ0n) is 19.5. The minimum absolute atomic E-state index is 0.0560. The Balaban J connectivity index is 1.61. The summed E-state index contributed by atoms with van der Waals surface area (Å²) in [6, 6.07) is 24.2. The van der Waals surface area contributed by atoms with Crippen molar-refractivity contribution in [2.45, 2.75) is 18.3 Å². The van der Waals surface area contributed by atoms with E-state index in [1.165, 1.54) is 48.5 Å². The van der Waals surface area contributed by atoms with Crippen molar-refractivity contribution in [3.63, 3.8) is 0 Å². The molecule has 5 rings (SSSR count). The van der Waals surface area contributed by atoms with Crippen LogP contribution in [0.2, 0.25) is 5.02 Å². The SMILES string of the molecule is O=C(C[C@@H]1c2ccccc2[C@@H](C(=O)c2cccc(Cl)c2)[C@@H]1C(=O)c1ccc(F)cc1)c1ccc(F)cc1. The van der Waals surface area contributed by atoms with Crippen molar-refractivity contribution >= 4 is 29.0 Å². The average Bonchev–Trinajstić information content (AvgIpc) is 3.22. The Hall–Kier alpha value is -3.96. The normalized spacial score (nSPS) is 18.3. The summed E-state index contributed by atoms with van der Waals surface area (Å²) in [6.07, 6.45) is -0.0560. The second-order valence-electron chi connectivity index (χ2n) is 9.12. The summed E-state index contributed by atoms with van der Waals surface area (Å²) in [5, 5.41) is 0.390. The molecule has 0 spiro atoms. The first kappa shape index (κ1) is 24.7. The maximum atomic E-state index is 14.0. The highest BCUT2D eigenvalue weighted by Crippen LogP contribution is 2.51. The van der Waals surface area contributed by atoms with E-state index in [-0.39, 0.29) is 29.3 Å². The summed E-state index contributed by atoms with van der Waals surface area (Å²) in [7, 11) is 0. The maximum Gasteiger partial charge on any atom is 0.171 e. The first-order valence-electron chi connectivity index (χ1n) is 11.8. The van der Waals surface area contributed by atoms with Crippen LogP contribution in [0.15, 0.2) is 97.1 Å². The highest BCUT2D eigenvalue weighted by Gasteiger charge is 2.48. The van der Waals surface area contributed by atoms with Crippen LogP contribution >= 0.6 is 11.6 Å². The van der Waals surface area contributed by atoms with Crippen LogP contribution in [0.25, 0.3) is 0 Å². The number of carbonyl (C=O) groups excluding carboxylic acids is 3. The molecule has 0 saturated heterocycles. The molecular weight excluding hydrogens is 494 g/mol. The van der Waals surface area contributed by atoms with Crippen molar-refractivity contribution in [1.82, 2.24) is 0 Å². The fourth-order valence-corrected chi connectivity index (χ4v) is 5.40. The smallest absolute Gasteiger partial charge is 0.171 e. The molecule has 3 atom stereocenters. The van der Waals surface area contributed by atoms with E-state index in [0.29, 0.717) is 21.7 Å². The Morgan fingerprint density at radius 1 is 0.649 bits per heavy atom. The van der Waals surface area contributed by atoms with E-state index >= 15 is 0 Å². The number of halogens is 3. The summed E-state index contributed by atoms with van der Waals surface area (Å²) in [5.74, 6) is -4.23. The number of fused-ring (bicyclic) bond motifs is 1. The van der Waals surface area contributed by atoms with Gasteiger partial charge in [-0.15, -0.1) is 0 Å². The molecule has 6 heteroatoms. The Labute approximate surface area is 217 Å². The van der Waals surface area contributed by atoms with Gasteiger partial charge >= 0.3 is 0 Å². The second kappa shape index (κ2) is 10.2. The fourth-order valence-electron chi connectivity index (χ4n) is 5.21. The van der Waals surface area contributed by atoms with Crippen LogP contribution in [-0.2, 0) is 0 Å². The molecule has 0 aromatic heterocycles. The molecule has 0 fully saturated rings. The van der Waals surface area contributed by atoms with E-state index < -0.39 is 29.4 Å². The first-order valence-corrected chi connectivity index (χ1v) is 12.2. The molecule has 4 aromatic carbocycles. The second-order valence-corrected chi connectivity index (χ2v) is 9.56. The van der Waals surface area contributed by atoms with Gasteiger partial charge in [0, 0.05) is 40.0 Å². The monoisotopic (exact) mass is 514 g/mol. The summed E-state index contributed by atoms with van der Waals surface area (Å²) < 4.78 is 27.1. The van der Waals surface area contributed by atoms with Crippen LogP contribution in [-0.4, -0.2) is 17.3 Å². The number of hydrogen-bond acceptors (Lipinski definition) is 3. The average molecular weight is 515 g/mol. The summed E-state index contributed by atoms with van der Waals surface area (Å²) in [4.78, 5) is 41.1. The molecule has 4 aromatic rings. The Morgan fingerprint density at radius 2 is 1.24 bits per heavy atom. The van der Waals surface area contributed by atoms with Gasteiger partial charge in [-0.1, -0.05) is 48.0 Å². The van der Waals surface area contributed by atoms with Crippen LogP contribution in [0.3, 0.4) is 0 Å². The number of hydrogen-bond donors (Lipinski definition) is 0. The molecule has 0 radical (unpaired) electrons. The number of carbonyl (C=O) groups is 3. The van der Waals surface area contributed by atoms with E-state index in [9.17, 15) is 23.2 Å². The van der Waals surface area contributed by atoms with E-state index in [0.717, 1.165) is 5.56 Å². The van der Waals surface area contributed by atoms with E-state index in [1.54, 1.807) is 42.5 Å². The van der Waals surface area contributed by atoms with E-state index in [2.05, 4.69) is 0 Å². The minimum Gasteiger partial charge on any atom is -0.294 e. The molecule has 0 bridgehead atoms. The predicted molar refractivity (Wildman–Crippen MR) is 137 cm³/mol. The largest absolute Gasteiger partial charge is 0.294 e. The van der Waals surface area contributed by atoms with Gasteiger partial charge in [-0.2, -0.15) is 0 Å². The third-order valence-electron chi connectivity index (χ3n) is 6.92. The molecule has 0 aliphatic heterocycles. The third-order valence-corrected chi connectivity index (χ3v) is 7.15. The minimum atomic E-state index is -0.904. The summed E-state index contributed by atoms with van der Waals surface area (Å²) in [5.41, 5.74) is 2.33. The highest BCUT2D eigenvalue weighted by atomic mass is 35.5. The molecule has 0 unspecified atom stereocenters. The number of rotatable bonds is 7. The van der Waals surface area contributed by atoms with Gasteiger partial charge in [0.15, 0.2) is 17.3 Å². The quantitative estimate of drug-likeness (QED) is 0.241. The predicted octanol–water partition coefficient (Wildman–Crippen LogP) is 7.45. The summed E-state index contributed by atoms with van der Waals surface area (Å²) in [6.45, 7) is 0. The molecule has 0 N–H and O–H groups in total. The molecule has 1 aliphatic carbocycles. The van der Waals surface area contributed by atoms with Crippen molar-refractivity contribution in [1.29, 1.82) is 0 Å². The lowest BCUT2D eigenvalue weighted by Crippen LogP contribution is -2.29. The number of ketones is 3. The van der Waals surface area contributed by atoms with Crippen LogP contribution in [0.1, 0.15) is 60.5 Å². The van der Waals surface area contributed by atoms with Gasteiger partial charge in [0.1, 0.15) is 11.6 Å². The third kappa shape index (κ3) is 4.87. The van der Waals surface area contributed by atoms with E-state index in [4.69, 9.17) is 11.6 Å². The van der Waals surface area contributed by atoms with Crippen molar-refractivity contribution in [3.05, 3.63) is 142 Å². The van der Waals surface area contributed by atoms with Gasteiger partial charge in [-0.05, 0) is 71.8 Å². The van der Waals surface area contributed by atoms with Crippen LogP contribution in [0.5, 0.6) is 0 Å². The maximum absolute atomic E-state index is 14.0. The van der Waals surface area contributed by atoms with Crippen LogP contribution in [0, 0.1) is 17.6 Å². The number of benzene rings is 4. The van der Waals surface area contributed by atoms with Gasteiger partial charge in [-0.3, -0.25) is 14.4 Å². The lowest BCUT2D eigenvalue weighted by Gasteiger charge is -2.24. The van der Waals surface area contributed by atoms with Gasteiger partial charge < -0.3 is 0 Å². The molecule has 0 amide bonds. The molecule has 37 heavy (non-hydrogen) atoms. The number of Topliss-reactive ketones (excluding diaryl/α,β-unsaturated/α-hetero) is 3. The molecular formula is C31H21ClF2O3. The van der Waals surface area contributed by atoms with Gasteiger partial charge in [-0.25, -0.2) is 8.78 Å². The molecule has 184 valence electrons. The molecule has 1 aliphatic rings. The standard InChI is InChI=1S/C31H21ClF2O3/c32-21-5-3-4-20(16-21)31(37)28-25-7-2-1-6-24(25)26(17-27(35)18-8-12-22(33)13-9-18)29(28)30(36)19-10-14-23(34)15-11-19/h1-16,26,28-29H,17H2/t26-,28-,29-/m1/s1. The van der Waals surface area contributed by atoms with Crippen molar-refractivity contribution < 1.29 is 23.2 Å². The van der Waals surface area contributed by atoms with Gasteiger partial charge in [0.05, 0.1) is 5.92 Å². The van der Waals surface area contributed by atoms with Crippen LogP contribution < -0.4 is 0 Å². The van der Waals surface area contributed by atoms with Crippen LogP contribution in [0.4, 0.5) is 8.78 Å². The fraction of sp³-hybridized carbons (Fsp3) is 0.129. The Bertz CT molecular complexity index is 1500. The lowest BCUT2D eigenvalue weighted by atomic mass is 9.76. The zero-order valence-corrected chi connectivity index (χ0v) is 20.3. The molecule has 0 saturated carbocycles. The van der Waals surface area contributed by atoms with Crippen molar-refractivity contribution in [2.75, 3.05) is 0 Å². The van der Waals surface area contributed by atoms with Crippen molar-refractivity contribution in [2.24, 2.45) is 5.92 Å². The lowest BCUT2D eigenvalue weighted by molar-refractivity contribution is 0.0799. The Morgan fingerprint density at radius 3 is 1.86 bits per heavy atom. The first-order chi connectivity index (χ1) is 17.8. The molecule has 0 heterocycles. The van der Waals surface area contributed by atoms with E-state index in [1.807, 2.05) is 6.07 Å². The topological polar surface area (TPSA) is 51.2 Å². The molecule has 3 nitrogen and oxygen atoms in total. The zero-order chi connectivity index (χ0) is 26.1.